The van der Waals surface area contributed by atoms with Crippen LogP contribution in [0.15, 0.2) is 12.4 Å². The molecule has 0 bridgehead atoms. The number of hydrogen-bond donors (Lipinski definition) is 1. The topological polar surface area (TPSA) is 84.4 Å². The molecule has 1 fully saturated rings. The van der Waals surface area contributed by atoms with Crippen molar-refractivity contribution in [2.45, 2.75) is 51.3 Å². The van der Waals surface area contributed by atoms with Crippen LogP contribution in [0, 0.1) is 16.0 Å². The Morgan fingerprint density at radius 3 is 3.00 bits per heavy atom. The van der Waals surface area contributed by atoms with Gasteiger partial charge < -0.3 is 10.0 Å². The zero-order valence-electron chi connectivity index (χ0n) is 12.7. The van der Waals surface area contributed by atoms with E-state index in [1.54, 1.807) is 0 Å². The predicted molar refractivity (Wildman–Crippen MR) is 78.9 cm³/mol. The molecular formula is C14H24N4O3. The van der Waals surface area contributed by atoms with E-state index in [0.717, 1.165) is 5.92 Å². The maximum Gasteiger partial charge on any atom is 0.306 e. The Kier molecular flexibility index (Phi) is 5.30. The first-order valence-corrected chi connectivity index (χ1v) is 7.51. The average Bonchev–Trinajstić information content (AvgIpc) is 2.87. The van der Waals surface area contributed by atoms with Gasteiger partial charge in [0.25, 0.3) is 0 Å². The monoisotopic (exact) mass is 296 g/mol. The number of likely N-dealkylation sites (N-methyl/N-ethyl adjacent to an activating group) is 1. The van der Waals surface area contributed by atoms with Crippen LogP contribution in [0.1, 0.15) is 32.6 Å². The van der Waals surface area contributed by atoms with Gasteiger partial charge in [-0.15, -0.1) is 0 Å². The summed E-state index contributed by atoms with van der Waals surface area (Å²) in [7, 11) is 2.04. The van der Waals surface area contributed by atoms with E-state index in [1.165, 1.54) is 42.8 Å². The molecule has 1 saturated carbocycles. The van der Waals surface area contributed by atoms with Gasteiger partial charge in [0.2, 0.25) is 0 Å². The Bertz CT molecular complexity index is 477. The van der Waals surface area contributed by atoms with Gasteiger partial charge >= 0.3 is 5.69 Å². The zero-order valence-corrected chi connectivity index (χ0v) is 12.7. The molecule has 7 heteroatoms. The minimum atomic E-state index is -0.577. The molecule has 118 valence electrons. The van der Waals surface area contributed by atoms with Crippen LogP contribution in [-0.2, 0) is 6.54 Å². The molecule has 3 atom stereocenters. The Labute approximate surface area is 124 Å². The Hall–Kier alpha value is -1.47. The highest BCUT2D eigenvalue weighted by atomic mass is 16.6. The zero-order chi connectivity index (χ0) is 15.4. The van der Waals surface area contributed by atoms with Crippen molar-refractivity contribution >= 4 is 5.69 Å². The SMILES string of the molecule is CC1CCCC(N(C)CC(O)Cn2cc([N+](=O)[O-])cn2)C1. The van der Waals surface area contributed by atoms with Crippen LogP contribution in [0.4, 0.5) is 5.69 Å². The van der Waals surface area contributed by atoms with Crippen LogP contribution in [0.2, 0.25) is 0 Å². The number of aliphatic hydroxyl groups excluding tert-OH is 1. The summed E-state index contributed by atoms with van der Waals surface area (Å²) in [5.41, 5.74) is -0.0448. The normalized spacial score (nSPS) is 24.2. The number of aromatic nitrogens is 2. The molecule has 1 aliphatic carbocycles. The molecule has 1 N–H and O–H groups in total. The van der Waals surface area contributed by atoms with E-state index in [1.807, 2.05) is 7.05 Å². The van der Waals surface area contributed by atoms with Crippen molar-refractivity contribution in [1.29, 1.82) is 0 Å². The average molecular weight is 296 g/mol. The number of nitro groups is 1. The predicted octanol–water partition coefficient (Wildman–Crippen LogP) is 1.66. The largest absolute Gasteiger partial charge is 0.390 e. The van der Waals surface area contributed by atoms with Gasteiger partial charge in [-0.2, -0.15) is 5.10 Å². The first-order valence-electron chi connectivity index (χ1n) is 7.51. The second-order valence-corrected chi connectivity index (χ2v) is 6.20. The van der Waals surface area contributed by atoms with Gasteiger partial charge in [-0.25, -0.2) is 0 Å². The van der Waals surface area contributed by atoms with E-state index >= 15 is 0 Å². The highest BCUT2D eigenvalue weighted by Gasteiger charge is 2.24. The summed E-state index contributed by atoms with van der Waals surface area (Å²) < 4.78 is 1.43. The molecule has 0 saturated heterocycles. The molecule has 0 aliphatic heterocycles. The lowest BCUT2D eigenvalue weighted by atomic mass is 9.86. The summed E-state index contributed by atoms with van der Waals surface area (Å²) >= 11 is 0. The molecule has 7 nitrogen and oxygen atoms in total. The molecule has 0 aromatic carbocycles. The highest BCUT2D eigenvalue weighted by molar-refractivity contribution is 5.20. The van der Waals surface area contributed by atoms with E-state index in [0.29, 0.717) is 12.6 Å². The minimum absolute atomic E-state index is 0.0448. The van der Waals surface area contributed by atoms with Gasteiger partial charge in [-0.3, -0.25) is 14.8 Å². The molecule has 3 unspecified atom stereocenters. The number of rotatable bonds is 6. The van der Waals surface area contributed by atoms with Crippen molar-refractivity contribution in [2.24, 2.45) is 5.92 Å². The van der Waals surface area contributed by atoms with Crippen LogP contribution in [-0.4, -0.2) is 50.4 Å². The van der Waals surface area contributed by atoms with Gasteiger partial charge in [-0.1, -0.05) is 19.8 Å². The quantitative estimate of drug-likeness (QED) is 0.637. The number of nitrogens with zero attached hydrogens (tertiary/aromatic N) is 4. The molecule has 0 spiro atoms. The third-order valence-electron chi connectivity index (χ3n) is 4.26. The summed E-state index contributed by atoms with van der Waals surface area (Å²) in [5, 5.41) is 24.6. The van der Waals surface area contributed by atoms with Gasteiger partial charge in [0, 0.05) is 12.6 Å². The number of hydrogen-bond acceptors (Lipinski definition) is 5. The second kappa shape index (κ2) is 7.00. The van der Waals surface area contributed by atoms with E-state index in [-0.39, 0.29) is 12.2 Å². The molecule has 2 rings (SSSR count). The van der Waals surface area contributed by atoms with Gasteiger partial charge in [0.15, 0.2) is 0 Å². The van der Waals surface area contributed by atoms with Crippen molar-refractivity contribution in [3.05, 3.63) is 22.5 Å². The first kappa shape index (κ1) is 15.9. The van der Waals surface area contributed by atoms with E-state index in [4.69, 9.17) is 0 Å². The fourth-order valence-electron chi connectivity index (χ4n) is 3.10. The Morgan fingerprint density at radius 2 is 2.38 bits per heavy atom. The van der Waals surface area contributed by atoms with Crippen molar-refractivity contribution in [3.63, 3.8) is 0 Å². The third-order valence-corrected chi connectivity index (χ3v) is 4.26. The summed E-state index contributed by atoms with van der Waals surface area (Å²) in [6.07, 6.45) is 6.89. The van der Waals surface area contributed by atoms with Crippen molar-refractivity contribution in [2.75, 3.05) is 13.6 Å². The Morgan fingerprint density at radius 1 is 1.62 bits per heavy atom. The maximum atomic E-state index is 10.6. The second-order valence-electron chi connectivity index (χ2n) is 6.20. The lowest BCUT2D eigenvalue weighted by molar-refractivity contribution is -0.385. The molecule has 1 aromatic heterocycles. The lowest BCUT2D eigenvalue weighted by Crippen LogP contribution is -2.41. The summed E-state index contributed by atoms with van der Waals surface area (Å²) in [4.78, 5) is 12.3. The third kappa shape index (κ3) is 4.50. The van der Waals surface area contributed by atoms with Gasteiger partial charge in [0.1, 0.15) is 12.4 Å². The Balaban J connectivity index is 1.82. The van der Waals surface area contributed by atoms with Crippen LogP contribution >= 0.6 is 0 Å². The molecule has 1 aromatic rings. The van der Waals surface area contributed by atoms with Crippen molar-refractivity contribution < 1.29 is 10.0 Å². The van der Waals surface area contributed by atoms with Crippen LogP contribution in [0.25, 0.3) is 0 Å². The molecular weight excluding hydrogens is 272 g/mol. The van der Waals surface area contributed by atoms with Crippen LogP contribution in [0.3, 0.4) is 0 Å². The minimum Gasteiger partial charge on any atom is -0.390 e. The highest BCUT2D eigenvalue weighted by Crippen LogP contribution is 2.26. The number of aliphatic hydroxyl groups is 1. The van der Waals surface area contributed by atoms with E-state index in [2.05, 4.69) is 16.9 Å². The maximum absolute atomic E-state index is 10.6. The van der Waals surface area contributed by atoms with E-state index in [9.17, 15) is 15.2 Å². The lowest BCUT2D eigenvalue weighted by Gasteiger charge is -2.35. The standard InChI is InChI=1S/C14H24N4O3/c1-11-4-3-5-12(6-11)16(2)9-14(19)10-17-8-13(7-15-17)18(20)21/h7-8,11-12,14,19H,3-6,9-10H2,1-2H3. The fourth-order valence-corrected chi connectivity index (χ4v) is 3.10. The summed E-state index contributed by atoms with van der Waals surface area (Å²) in [6, 6.07) is 0.523. The van der Waals surface area contributed by atoms with Gasteiger partial charge in [-0.05, 0) is 25.8 Å². The van der Waals surface area contributed by atoms with Crippen molar-refractivity contribution in [3.8, 4) is 0 Å². The van der Waals surface area contributed by atoms with Crippen LogP contribution in [0.5, 0.6) is 0 Å². The summed E-state index contributed by atoms with van der Waals surface area (Å²) in [5.74, 6) is 0.747. The first-order chi connectivity index (χ1) is 9.95. The van der Waals surface area contributed by atoms with Crippen LogP contribution < -0.4 is 0 Å². The van der Waals surface area contributed by atoms with Gasteiger partial charge in [0.05, 0.1) is 17.6 Å². The molecule has 1 heterocycles. The molecule has 1 aliphatic rings. The molecule has 21 heavy (non-hydrogen) atoms. The molecule has 0 radical (unpaired) electrons. The van der Waals surface area contributed by atoms with Crippen molar-refractivity contribution in [1.82, 2.24) is 14.7 Å². The van der Waals surface area contributed by atoms with E-state index < -0.39 is 11.0 Å². The molecule has 0 amide bonds. The summed E-state index contributed by atoms with van der Waals surface area (Å²) in [6.45, 7) is 3.12. The fraction of sp³-hybridized carbons (Fsp3) is 0.786. The smallest absolute Gasteiger partial charge is 0.306 e.